The summed E-state index contributed by atoms with van der Waals surface area (Å²) in [7, 11) is 0. The number of thioether (sulfide) groups is 1. The van der Waals surface area contributed by atoms with E-state index in [0.29, 0.717) is 16.8 Å². The number of carbonyl (C=O) groups excluding carboxylic acids is 2. The Hall–Kier alpha value is -2.35. The van der Waals surface area contributed by atoms with Crippen molar-refractivity contribution in [1.82, 2.24) is 20.5 Å². The van der Waals surface area contributed by atoms with Gasteiger partial charge >= 0.3 is 6.03 Å². The fourth-order valence-corrected chi connectivity index (χ4v) is 3.52. The van der Waals surface area contributed by atoms with Crippen LogP contribution in [0.5, 0.6) is 0 Å². The number of hydrogen-bond donors (Lipinski definition) is 3. The number of hydrogen-bond acceptors (Lipinski definition) is 5. The summed E-state index contributed by atoms with van der Waals surface area (Å²) in [4.78, 5) is 28.0. The minimum absolute atomic E-state index is 0.0862. The number of imide groups is 1. The molecule has 1 aliphatic rings. The first-order valence-corrected chi connectivity index (χ1v) is 9.37. The van der Waals surface area contributed by atoms with Gasteiger partial charge in [0.05, 0.1) is 5.75 Å². The Labute approximate surface area is 150 Å². The van der Waals surface area contributed by atoms with Gasteiger partial charge < -0.3 is 5.32 Å². The average Bonchev–Trinajstić information content (AvgIpc) is 3.26. The van der Waals surface area contributed by atoms with Crippen molar-refractivity contribution in [3.63, 3.8) is 0 Å². The minimum atomic E-state index is -0.547. The number of H-pyrrole nitrogens is 1. The summed E-state index contributed by atoms with van der Waals surface area (Å²) in [6, 6.07) is 8.41. The zero-order valence-electron chi connectivity index (χ0n) is 13.8. The number of nitrogens with zero attached hydrogens (tertiary/aromatic N) is 2. The van der Waals surface area contributed by atoms with Crippen molar-refractivity contribution in [3.8, 4) is 0 Å². The van der Waals surface area contributed by atoms with E-state index >= 15 is 0 Å². The number of benzene rings is 1. The summed E-state index contributed by atoms with van der Waals surface area (Å²) in [6.45, 7) is 0. The van der Waals surface area contributed by atoms with Gasteiger partial charge in [-0.3, -0.25) is 15.2 Å². The van der Waals surface area contributed by atoms with E-state index < -0.39 is 6.03 Å². The Bertz CT molecular complexity index is 713. The molecule has 132 valence electrons. The number of aromatic amines is 1. The molecule has 1 heterocycles. The lowest BCUT2D eigenvalue weighted by Gasteiger charge is -2.05. The smallest absolute Gasteiger partial charge is 0.308 e. The number of anilines is 1. The molecule has 2 aromatic rings. The van der Waals surface area contributed by atoms with Crippen molar-refractivity contribution < 1.29 is 9.59 Å². The second kappa shape index (κ2) is 8.66. The van der Waals surface area contributed by atoms with Crippen LogP contribution in [0.3, 0.4) is 0 Å². The van der Waals surface area contributed by atoms with Crippen LogP contribution in [0.25, 0.3) is 0 Å². The van der Waals surface area contributed by atoms with E-state index in [9.17, 15) is 9.59 Å². The molecule has 1 aromatic heterocycles. The quantitative estimate of drug-likeness (QED) is 0.689. The Morgan fingerprint density at radius 1 is 1.20 bits per heavy atom. The third kappa shape index (κ3) is 5.60. The van der Waals surface area contributed by atoms with E-state index in [2.05, 4.69) is 25.8 Å². The number of para-hydroxylation sites is 1. The first-order chi connectivity index (χ1) is 12.2. The van der Waals surface area contributed by atoms with Gasteiger partial charge in [0.1, 0.15) is 5.82 Å². The maximum Gasteiger partial charge on any atom is 0.325 e. The zero-order chi connectivity index (χ0) is 17.5. The molecule has 1 aromatic carbocycles. The van der Waals surface area contributed by atoms with Gasteiger partial charge in [-0.05, 0) is 18.1 Å². The van der Waals surface area contributed by atoms with E-state index in [1.54, 1.807) is 24.3 Å². The predicted octanol–water partition coefficient (Wildman–Crippen LogP) is 2.98. The van der Waals surface area contributed by atoms with Crippen LogP contribution in [-0.2, 0) is 11.2 Å². The van der Waals surface area contributed by atoms with Gasteiger partial charge in [0.15, 0.2) is 0 Å². The molecule has 1 fully saturated rings. The molecule has 0 unspecified atom stereocenters. The van der Waals surface area contributed by atoms with Crippen LogP contribution in [0, 0.1) is 5.92 Å². The van der Waals surface area contributed by atoms with E-state index in [1.165, 1.54) is 37.4 Å². The Morgan fingerprint density at radius 3 is 2.72 bits per heavy atom. The van der Waals surface area contributed by atoms with Crippen LogP contribution < -0.4 is 10.6 Å². The van der Waals surface area contributed by atoms with E-state index in [-0.39, 0.29) is 11.7 Å². The summed E-state index contributed by atoms with van der Waals surface area (Å²) in [5.74, 6) is 1.26. The molecule has 1 saturated carbocycles. The molecule has 25 heavy (non-hydrogen) atoms. The molecule has 8 heteroatoms. The third-order valence-corrected chi connectivity index (χ3v) is 4.93. The van der Waals surface area contributed by atoms with Crippen LogP contribution in [0.1, 0.15) is 31.5 Å². The molecule has 3 N–H and O–H groups in total. The van der Waals surface area contributed by atoms with Crippen LogP contribution in [0.15, 0.2) is 35.5 Å². The van der Waals surface area contributed by atoms with E-state index in [4.69, 9.17) is 0 Å². The Kier molecular flexibility index (Phi) is 6.05. The second-order valence-electron chi connectivity index (χ2n) is 6.08. The lowest BCUT2D eigenvalue weighted by molar-refractivity contribution is -0.117. The van der Waals surface area contributed by atoms with Gasteiger partial charge in [-0.1, -0.05) is 55.6 Å². The van der Waals surface area contributed by atoms with Gasteiger partial charge in [-0.25, -0.2) is 9.78 Å². The van der Waals surface area contributed by atoms with Gasteiger partial charge in [0.2, 0.25) is 11.1 Å². The van der Waals surface area contributed by atoms with Crippen LogP contribution >= 0.6 is 11.8 Å². The number of rotatable bonds is 6. The van der Waals surface area contributed by atoms with Gasteiger partial charge in [-0.15, -0.1) is 5.10 Å². The molecular formula is C17H21N5O2S. The highest BCUT2D eigenvalue weighted by atomic mass is 32.2. The Balaban J connectivity index is 1.39. The van der Waals surface area contributed by atoms with Crippen molar-refractivity contribution >= 4 is 29.4 Å². The van der Waals surface area contributed by atoms with Gasteiger partial charge in [0.25, 0.3) is 0 Å². The molecule has 1 aliphatic carbocycles. The van der Waals surface area contributed by atoms with Crippen molar-refractivity contribution in [3.05, 3.63) is 36.2 Å². The summed E-state index contributed by atoms with van der Waals surface area (Å²) in [5, 5.41) is 12.5. The molecule has 0 atom stereocenters. The lowest BCUT2D eigenvalue weighted by Crippen LogP contribution is -2.35. The van der Waals surface area contributed by atoms with Crippen molar-refractivity contribution in [2.75, 3.05) is 11.1 Å². The highest BCUT2D eigenvalue weighted by Crippen LogP contribution is 2.27. The van der Waals surface area contributed by atoms with Gasteiger partial charge in [-0.2, -0.15) is 0 Å². The number of carbonyl (C=O) groups is 2. The molecule has 0 saturated heterocycles. The van der Waals surface area contributed by atoms with Crippen molar-refractivity contribution in [2.45, 2.75) is 37.3 Å². The molecule has 0 bridgehead atoms. The first kappa shape index (κ1) is 17.5. The van der Waals surface area contributed by atoms with Gasteiger partial charge in [0, 0.05) is 12.1 Å². The molecule has 0 aliphatic heterocycles. The average molecular weight is 359 g/mol. The second-order valence-corrected chi connectivity index (χ2v) is 7.02. The Morgan fingerprint density at radius 2 is 1.96 bits per heavy atom. The highest BCUT2D eigenvalue weighted by Gasteiger charge is 2.18. The molecule has 7 nitrogen and oxygen atoms in total. The SMILES string of the molecule is O=C(CSc1n[nH]c(CC2CCCC2)n1)NC(=O)Nc1ccccc1. The summed E-state index contributed by atoms with van der Waals surface area (Å²) in [5.41, 5.74) is 0.631. The largest absolute Gasteiger partial charge is 0.325 e. The molecule has 0 radical (unpaired) electrons. The maximum absolute atomic E-state index is 11.8. The topological polar surface area (TPSA) is 99.8 Å². The number of aromatic nitrogens is 3. The summed E-state index contributed by atoms with van der Waals surface area (Å²) < 4.78 is 0. The fourth-order valence-electron chi connectivity index (χ4n) is 2.90. The lowest BCUT2D eigenvalue weighted by atomic mass is 10.0. The predicted molar refractivity (Wildman–Crippen MR) is 96.4 cm³/mol. The van der Waals surface area contributed by atoms with E-state index in [1.807, 2.05) is 6.07 Å². The standard InChI is InChI=1S/C17H21N5O2S/c23-15(20-16(24)18-13-8-2-1-3-9-13)11-25-17-19-14(21-22-17)10-12-6-4-5-7-12/h1-3,8-9,12H,4-7,10-11H2,(H,19,21,22)(H2,18,20,23,24). The molecule has 3 rings (SSSR count). The van der Waals surface area contributed by atoms with Crippen LogP contribution in [0.2, 0.25) is 0 Å². The maximum atomic E-state index is 11.8. The van der Waals surface area contributed by atoms with Crippen LogP contribution in [0.4, 0.5) is 10.5 Å². The fraction of sp³-hybridized carbons (Fsp3) is 0.412. The number of urea groups is 1. The first-order valence-electron chi connectivity index (χ1n) is 8.39. The molecule has 3 amide bonds. The zero-order valence-corrected chi connectivity index (χ0v) is 14.6. The molecule has 0 spiro atoms. The van der Waals surface area contributed by atoms with Crippen LogP contribution in [-0.4, -0.2) is 32.9 Å². The summed E-state index contributed by atoms with van der Waals surface area (Å²) in [6.07, 6.45) is 6.01. The molecular weight excluding hydrogens is 338 g/mol. The third-order valence-electron chi connectivity index (χ3n) is 4.08. The van der Waals surface area contributed by atoms with Crippen molar-refractivity contribution in [2.24, 2.45) is 5.92 Å². The number of amides is 3. The summed E-state index contributed by atoms with van der Waals surface area (Å²) >= 11 is 1.21. The number of nitrogens with one attached hydrogen (secondary N) is 3. The van der Waals surface area contributed by atoms with Crippen molar-refractivity contribution in [1.29, 1.82) is 0 Å². The monoisotopic (exact) mass is 359 g/mol. The minimum Gasteiger partial charge on any atom is -0.308 e. The normalized spacial score (nSPS) is 14.4. The van der Waals surface area contributed by atoms with E-state index in [0.717, 1.165) is 12.2 Å². The highest BCUT2D eigenvalue weighted by molar-refractivity contribution is 7.99.